The first-order valence-corrected chi connectivity index (χ1v) is 12.5. The van der Waals surface area contributed by atoms with Gasteiger partial charge in [-0.2, -0.15) is 0 Å². The summed E-state index contributed by atoms with van der Waals surface area (Å²) in [5, 5.41) is 13.8. The zero-order chi connectivity index (χ0) is 24.8. The molecule has 2 aromatic carbocycles. The minimum atomic E-state index is -0.330. The van der Waals surface area contributed by atoms with E-state index in [-0.39, 0.29) is 23.7 Å². The van der Waals surface area contributed by atoms with Crippen molar-refractivity contribution >= 4 is 23.3 Å². The number of nitrogens with two attached hydrogens (primary N) is 2. The molecule has 1 atom stereocenters. The van der Waals surface area contributed by atoms with E-state index in [1.54, 1.807) is 12.1 Å². The van der Waals surface area contributed by atoms with Crippen molar-refractivity contribution in [3.8, 4) is 0 Å². The number of hydrogen-bond acceptors (Lipinski definition) is 5. The number of nitrogen functional groups attached to an aromatic ring is 1. The summed E-state index contributed by atoms with van der Waals surface area (Å²) in [6.07, 6.45) is 6.76. The predicted molar refractivity (Wildman–Crippen MR) is 139 cm³/mol. The maximum absolute atomic E-state index is 13.3. The van der Waals surface area contributed by atoms with Crippen LogP contribution in [0.4, 0.5) is 5.69 Å². The molecule has 0 spiro atoms. The Kier molecular flexibility index (Phi) is 8.02. The fourth-order valence-corrected chi connectivity index (χ4v) is 5.09. The maximum Gasteiger partial charge on any atom is 0.251 e. The molecule has 8 heteroatoms. The molecule has 4 rings (SSSR count). The van der Waals surface area contributed by atoms with Gasteiger partial charge in [0.05, 0.1) is 0 Å². The van der Waals surface area contributed by atoms with Gasteiger partial charge in [0.2, 0.25) is 5.91 Å². The van der Waals surface area contributed by atoms with E-state index in [9.17, 15) is 9.59 Å². The van der Waals surface area contributed by atoms with Crippen molar-refractivity contribution in [1.82, 2.24) is 10.6 Å². The van der Waals surface area contributed by atoms with Gasteiger partial charge >= 0.3 is 0 Å². The summed E-state index contributed by atoms with van der Waals surface area (Å²) in [4.78, 5) is 27.6. The minimum Gasteiger partial charge on any atom is -0.384 e. The minimum absolute atomic E-state index is 0.00537. The van der Waals surface area contributed by atoms with Crippen LogP contribution in [0.1, 0.15) is 59.2 Å². The molecule has 0 saturated heterocycles. The van der Waals surface area contributed by atoms with Crippen LogP contribution < -0.4 is 27.0 Å². The van der Waals surface area contributed by atoms with E-state index < -0.39 is 0 Å². The number of amidine groups is 1. The van der Waals surface area contributed by atoms with Crippen LogP contribution in [0.15, 0.2) is 42.5 Å². The van der Waals surface area contributed by atoms with Crippen LogP contribution in [0, 0.1) is 11.3 Å². The van der Waals surface area contributed by atoms with E-state index in [0.29, 0.717) is 43.1 Å². The molecule has 2 aromatic rings. The van der Waals surface area contributed by atoms with Crippen LogP contribution in [0.3, 0.4) is 0 Å². The van der Waals surface area contributed by atoms with Crippen LogP contribution in [-0.2, 0) is 17.8 Å². The average molecular weight is 477 g/mol. The lowest BCUT2D eigenvalue weighted by Gasteiger charge is -2.28. The van der Waals surface area contributed by atoms with Crippen molar-refractivity contribution in [2.45, 2.75) is 51.1 Å². The molecule has 1 fully saturated rings. The average Bonchev–Trinajstić information content (AvgIpc) is 3.24. The highest BCUT2D eigenvalue weighted by Gasteiger charge is 2.35. The van der Waals surface area contributed by atoms with Crippen molar-refractivity contribution in [2.24, 2.45) is 17.4 Å². The molecular formula is C27H36N6O2. The monoisotopic (exact) mass is 476 g/mol. The van der Waals surface area contributed by atoms with Gasteiger partial charge in [-0.3, -0.25) is 15.0 Å². The highest BCUT2D eigenvalue weighted by Crippen LogP contribution is 2.35. The van der Waals surface area contributed by atoms with Gasteiger partial charge in [0, 0.05) is 49.4 Å². The van der Waals surface area contributed by atoms with Crippen molar-refractivity contribution in [1.29, 1.82) is 5.41 Å². The van der Waals surface area contributed by atoms with Crippen LogP contribution in [0.5, 0.6) is 0 Å². The zero-order valence-electron chi connectivity index (χ0n) is 20.2. The lowest BCUT2D eigenvalue weighted by atomic mass is 9.89. The van der Waals surface area contributed by atoms with Crippen LogP contribution in [0.25, 0.3) is 0 Å². The molecule has 35 heavy (non-hydrogen) atoms. The van der Waals surface area contributed by atoms with E-state index in [4.69, 9.17) is 16.9 Å². The van der Waals surface area contributed by atoms with Gasteiger partial charge in [-0.1, -0.05) is 43.5 Å². The molecule has 0 aromatic heterocycles. The van der Waals surface area contributed by atoms with Gasteiger partial charge in [0.25, 0.3) is 5.91 Å². The summed E-state index contributed by atoms with van der Waals surface area (Å²) < 4.78 is 0. The summed E-state index contributed by atoms with van der Waals surface area (Å²) in [6.45, 7) is 2.07. The third kappa shape index (κ3) is 6.00. The number of nitrogens with one attached hydrogen (secondary N) is 3. The summed E-state index contributed by atoms with van der Waals surface area (Å²) >= 11 is 0. The Morgan fingerprint density at radius 3 is 2.40 bits per heavy atom. The first-order valence-electron chi connectivity index (χ1n) is 12.5. The third-order valence-electron chi connectivity index (χ3n) is 7.09. The Balaban J connectivity index is 1.52. The van der Waals surface area contributed by atoms with Crippen LogP contribution in [0.2, 0.25) is 0 Å². The smallest absolute Gasteiger partial charge is 0.251 e. The Labute approximate surface area is 206 Å². The van der Waals surface area contributed by atoms with E-state index in [1.165, 1.54) is 32.1 Å². The number of carbonyl (C=O) groups is 2. The number of benzene rings is 2. The third-order valence-corrected chi connectivity index (χ3v) is 7.09. The zero-order valence-corrected chi connectivity index (χ0v) is 20.2. The van der Waals surface area contributed by atoms with Crippen LogP contribution in [-0.4, -0.2) is 43.3 Å². The first-order chi connectivity index (χ1) is 17.0. The second-order valence-electron chi connectivity index (χ2n) is 9.60. The number of fused-ring (bicyclic) bond motifs is 1. The fraction of sp³-hybridized carbons (Fsp3) is 0.444. The van der Waals surface area contributed by atoms with Crippen molar-refractivity contribution in [3.63, 3.8) is 0 Å². The largest absolute Gasteiger partial charge is 0.384 e. The molecule has 186 valence electrons. The van der Waals surface area contributed by atoms with Gasteiger partial charge in [0.15, 0.2) is 0 Å². The lowest BCUT2D eigenvalue weighted by molar-refractivity contribution is -0.122. The SMILES string of the molecule is N=C(N)c1ccc2c(c1)N(Cc1ccc(C(=O)NCCN)cc1)C(C(=O)NCC1CCCCC1)C2. The molecule has 1 aliphatic carbocycles. The number of rotatable bonds is 9. The normalized spacial score (nSPS) is 17.6. The van der Waals surface area contributed by atoms with Gasteiger partial charge in [0.1, 0.15) is 11.9 Å². The second kappa shape index (κ2) is 11.4. The van der Waals surface area contributed by atoms with Gasteiger partial charge < -0.3 is 27.0 Å². The quantitative estimate of drug-likeness (QED) is 0.279. The molecule has 1 heterocycles. The molecule has 2 amide bonds. The highest BCUT2D eigenvalue weighted by atomic mass is 16.2. The molecule has 2 aliphatic rings. The summed E-state index contributed by atoms with van der Waals surface area (Å²) in [7, 11) is 0. The molecule has 1 saturated carbocycles. The number of carbonyl (C=O) groups excluding carboxylic acids is 2. The fourth-order valence-electron chi connectivity index (χ4n) is 5.09. The van der Waals surface area contributed by atoms with Crippen LogP contribution >= 0.6 is 0 Å². The molecule has 1 aliphatic heterocycles. The number of anilines is 1. The van der Waals surface area contributed by atoms with E-state index in [0.717, 1.165) is 23.4 Å². The summed E-state index contributed by atoms with van der Waals surface area (Å²) in [5.74, 6) is 0.450. The van der Waals surface area contributed by atoms with E-state index >= 15 is 0 Å². The molecule has 8 nitrogen and oxygen atoms in total. The maximum atomic E-state index is 13.3. The summed E-state index contributed by atoms with van der Waals surface area (Å²) in [5.41, 5.74) is 15.4. The van der Waals surface area contributed by atoms with Crippen molar-refractivity contribution < 1.29 is 9.59 Å². The molecule has 7 N–H and O–H groups in total. The van der Waals surface area contributed by atoms with Gasteiger partial charge in [-0.05, 0) is 48.1 Å². The van der Waals surface area contributed by atoms with E-state index in [2.05, 4.69) is 15.5 Å². The lowest BCUT2D eigenvalue weighted by Crippen LogP contribution is -2.46. The summed E-state index contributed by atoms with van der Waals surface area (Å²) in [6, 6.07) is 12.8. The highest BCUT2D eigenvalue weighted by molar-refractivity contribution is 5.97. The molecule has 1 unspecified atom stereocenters. The second-order valence-corrected chi connectivity index (χ2v) is 9.60. The standard InChI is InChI=1S/C27H36N6O2/c28-12-13-31-26(34)20-8-6-19(7-9-20)17-33-23-15-22(25(29)30)11-10-21(23)14-24(33)27(35)32-16-18-4-2-1-3-5-18/h6-11,15,18,24H,1-5,12-14,16-17,28H2,(H3,29,30)(H,31,34)(H,32,35). The number of amides is 2. The predicted octanol–water partition coefficient (Wildman–Crippen LogP) is 2.29. The van der Waals surface area contributed by atoms with Crippen molar-refractivity contribution in [2.75, 3.05) is 24.5 Å². The number of nitrogens with zero attached hydrogens (tertiary/aromatic N) is 1. The Bertz CT molecular complexity index is 1060. The first kappa shape index (κ1) is 24.7. The Morgan fingerprint density at radius 1 is 1.00 bits per heavy atom. The Morgan fingerprint density at radius 2 is 1.71 bits per heavy atom. The van der Waals surface area contributed by atoms with E-state index in [1.807, 2.05) is 30.3 Å². The Hall–Kier alpha value is -3.39. The molecular weight excluding hydrogens is 440 g/mol. The van der Waals surface area contributed by atoms with Gasteiger partial charge in [-0.25, -0.2) is 0 Å². The number of hydrogen-bond donors (Lipinski definition) is 5. The van der Waals surface area contributed by atoms with Gasteiger partial charge in [-0.15, -0.1) is 0 Å². The molecule has 0 bridgehead atoms. The van der Waals surface area contributed by atoms with Crippen molar-refractivity contribution in [3.05, 3.63) is 64.7 Å². The molecule has 0 radical (unpaired) electrons. The topological polar surface area (TPSA) is 137 Å².